The van der Waals surface area contributed by atoms with Crippen LogP contribution in [0.15, 0.2) is 4.52 Å². The van der Waals surface area contributed by atoms with Crippen molar-refractivity contribution in [2.24, 2.45) is 0 Å². The molecule has 236 valence electrons. The molecule has 13 heteroatoms. The molecule has 0 radical (unpaired) electrons. The molecule has 4 aliphatic rings. The number of nitrogens with zero attached hydrogens (tertiary/aromatic N) is 8. The van der Waals surface area contributed by atoms with E-state index < -0.39 is 11.0 Å². The number of hydrogen-bond donors (Lipinski definition) is 2. The van der Waals surface area contributed by atoms with Gasteiger partial charge in [0.2, 0.25) is 5.88 Å². The highest BCUT2D eigenvalue weighted by Gasteiger charge is 2.49. The fourth-order valence-electron chi connectivity index (χ4n) is 8.34. The normalized spacial score (nSPS) is 26.2. The molecule has 1 fully saturated rings. The van der Waals surface area contributed by atoms with Crippen molar-refractivity contribution in [2.75, 3.05) is 44.4 Å². The Labute approximate surface area is 265 Å². The Kier molecular flexibility index (Phi) is 6.47. The van der Waals surface area contributed by atoms with Gasteiger partial charge in [-0.25, -0.2) is 14.6 Å². The second-order valence-corrected chi connectivity index (χ2v) is 15.1. The summed E-state index contributed by atoms with van der Waals surface area (Å²) in [5.41, 5.74) is 9.05. The first-order valence-electron chi connectivity index (χ1n) is 16.0. The number of hydrogen-bond acceptors (Lipinski definition) is 12. The third-order valence-corrected chi connectivity index (χ3v) is 11.3. The number of likely N-dealkylation sites (N-methyl/N-ethyl adjacent to an activating group) is 1. The van der Waals surface area contributed by atoms with Crippen LogP contribution in [0.25, 0.3) is 22.6 Å². The molecule has 0 aromatic carbocycles. The first-order chi connectivity index (χ1) is 21.6. The standard InChI is InChI=1S/C32H39N9O3S/c1-17(14-39(3)4)41-29-22-28(40-16-31(2,42)12-9-18(40)15-43-30(22)37-41)35-27(36-29)24-19-7-5-10-32(25(19)44-38-24)11-6-8-21-23(32)20(13-33)26(34)45-21/h17-18,42H,5-12,14-16,34H2,1-4H3. The first kappa shape index (κ1) is 28.7. The molecule has 4 aromatic heterocycles. The zero-order valence-corrected chi connectivity index (χ0v) is 27.1. The summed E-state index contributed by atoms with van der Waals surface area (Å²) in [6, 6.07) is 2.47. The maximum absolute atomic E-state index is 11.2. The van der Waals surface area contributed by atoms with Gasteiger partial charge in [-0.2, -0.15) is 5.26 Å². The largest absolute Gasteiger partial charge is 0.474 e. The van der Waals surface area contributed by atoms with Crippen LogP contribution in [0.2, 0.25) is 0 Å². The van der Waals surface area contributed by atoms with Crippen LogP contribution in [0, 0.1) is 11.3 Å². The van der Waals surface area contributed by atoms with Crippen molar-refractivity contribution in [1.29, 1.82) is 5.26 Å². The summed E-state index contributed by atoms with van der Waals surface area (Å²) in [6.45, 7) is 5.67. The second-order valence-electron chi connectivity index (χ2n) is 13.9. The van der Waals surface area contributed by atoms with Crippen LogP contribution in [0.3, 0.4) is 0 Å². The Bertz CT molecular complexity index is 1860. The van der Waals surface area contributed by atoms with Crippen molar-refractivity contribution in [3.8, 4) is 23.5 Å². The SMILES string of the molecule is CC(CN(C)C)n1nc2c3c(nc(-c4noc5c4CCCC54CCCc5sc(N)c(C#N)c54)nc31)N1CC(C)(O)CCC1CO2. The predicted molar refractivity (Wildman–Crippen MR) is 171 cm³/mol. The lowest BCUT2D eigenvalue weighted by atomic mass is 9.63. The number of ether oxygens (including phenoxy) is 1. The van der Waals surface area contributed by atoms with Crippen LogP contribution in [-0.4, -0.2) is 80.3 Å². The molecule has 6 heterocycles. The molecule has 1 saturated heterocycles. The van der Waals surface area contributed by atoms with Crippen molar-refractivity contribution < 1.29 is 14.4 Å². The van der Waals surface area contributed by atoms with Gasteiger partial charge < -0.3 is 29.9 Å². The minimum Gasteiger partial charge on any atom is -0.474 e. The number of rotatable bonds is 4. The number of nitrogen functional groups attached to an aromatic ring is 1. The van der Waals surface area contributed by atoms with E-state index in [4.69, 9.17) is 35.2 Å². The maximum Gasteiger partial charge on any atom is 0.246 e. The van der Waals surface area contributed by atoms with Crippen molar-refractivity contribution in [2.45, 2.75) is 88.3 Å². The van der Waals surface area contributed by atoms with Gasteiger partial charge in [0, 0.05) is 23.5 Å². The van der Waals surface area contributed by atoms with E-state index in [1.54, 1.807) is 11.3 Å². The van der Waals surface area contributed by atoms with Gasteiger partial charge >= 0.3 is 0 Å². The molecule has 8 rings (SSSR count). The zero-order chi connectivity index (χ0) is 31.2. The van der Waals surface area contributed by atoms with Crippen LogP contribution in [0.5, 0.6) is 5.88 Å². The molecule has 4 atom stereocenters. The number of piperidine rings is 1. The number of aliphatic hydroxyl groups is 1. The van der Waals surface area contributed by atoms with Gasteiger partial charge in [0.1, 0.15) is 28.9 Å². The summed E-state index contributed by atoms with van der Waals surface area (Å²) in [6.07, 6.45) is 6.89. The van der Waals surface area contributed by atoms with Crippen LogP contribution in [0.4, 0.5) is 10.8 Å². The molecule has 3 N–H and O–H groups in total. The van der Waals surface area contributed by atoms with Crippen molar-refractivity contribution >= 4 is 33.2 Å². The van der Waals surface area contributed by atoms with Gasteiger partial charge in [-0.3, -0.25) is 0 Å². The Balaban J connectivity index is 1.33. The molecule has 0 amide bonds. The number of nitrogens with two attached hydrogens (primary N) is 1. The number of anilines is 2. The van der Waals surface area contributed by atoms with Gasteiger partial charge in [0.05, 0.1) is 28.7 Å². The van der Waals surface area contributed by atoms with Crippen LogP contribution in [0.1, 0.15) is 85.7 Å². The van der Waals surface area contributed by atoms with E-state index in [1.807, 2.05) is 25.7 Å². The van der Waals surface area contributed by atoms with E-state index in [9.17, 15) is 10.4 Å². The fraction of sp³-hybridized carbons (Fsp3) is 0.594. The summed E-state index contributed by atoms with van der Waals surface area (Å²) >= 11 is 1.54. The van der Waals surface area contributed by atoms with Gasteiger partial charge in [-0.05, 0) is 84.9 Å². The molecule has 12 nitrogen and oxygen atoms in total. The van der Waals surface area contributed by atoms with E-state index in [2.05, 4.69) is 22.8 Å². The topological polar surface area (TPSA) is 155 Å². The molecular weight excluding hydrogens is 590 g/mol. The predicted octanol–water partition coefficient (Wildman–Crippen LogP) is 4.19. The van der Waals surface area contributed by atoms with Gasteiger partial charge in [0.25, 0.3) is 0 Å². The lowest BCUT2D eigenvalue weighted by Gasteiger charge is -2.42. The highest BCUT2D eigenvalue weighted by molar-refractivity contribution is 7.16. The molecule has 4 unspecified atom stereocenters. The number of fused-ring (bicyclic) bond motifs is 6. The summed E-state index contributed by atoms with van der Waals surface area (Å²) in [4.78, 5) is 15.9. The number of nitriles is 1. The lowest BCUT2D eigenvalue weighted by molar-refractivity contribution is 0.0321. The maximum atomic E-state index is 11.2. The average molecular weight is 630 g/mol. The summed E-state index contributed by atoms with van der Waals surface area (Å²) in [5.74, 6) is 2.55. The highest BCUT2D eigenvalue weighted by atomic mass is 32.1. The van der Waals surface area contributed by atoms with E-state index in [0.717, 1.165) is 79.6 Å². The monoisotopic (exact) mass is 629 g/mol. The van der Waals surface area contributed by atoms with Crippen LogP contribution in [-0.2, 0) is 18.3 Å². The van der Waals surface area contributed by atoms with Crippen molar-refractivity contribution in [3.63, 3.8) is 0 Å². The summed E-state index contributed by atoms with van der Waals surface area (Å²) in [5, 5.41) is 32.3. The van der Waals surface area contributed by atoms with E-state index in [-0.39, 0.29) is 12.1 Å². The molecular formula is C32H39N9O3S. The van der Waals surface area contributed by atoms with Gasteiger partial charge in [-0.15, -0.1) is 16.4 Å². The molecule has 0 saturated carbocycles. The smallest absolute Gasteiger partial charge is 0.246 e. The molecule has 0 bridgehead atoms. The summed E-state index contributed by atoms with van der Waals surface area (Å²) in [7, 11) is 4.09. The third kappa shape index (κ3) is 4.29. The zero-order valence-electron chi connectivity index (χ0n) is 26.3. The first-order valence-corrected chi connectivity index (χ1v) is 16.8. The highest BCUT2D eigenvalue weighted by Crippen LogP contribution is 2.55. The number of aromatic nitrogens is 5. The van der Waals surface area contributed by atoms with Crippen LogP contribution < -0.4 is 15.4 Å². The molecule has 4 aromatic rings. The third-order valence-electron chi connectivity index (χ3n) is 10.3. The van der Waals surface area contributed by atoms with E-state index in [0.29, 0.717) is 53.2 Å². The number of aryl methyl sites for hydroxylation is 1. The Morgan fingerprint density at radius 2 is 2.02 bits per heavy atom. The molecule has 45 heavy (non-hydrogen) atoms. The van der Waals surface area contributed by atoms with Gasteiger partial charge in [0.15, 0.2) is 22.9 Å². The van der Waals surface area contributed by atoms with E-state index in [1.165, 1.54) is 4.88 Å². The lowest BCUT2D eigenvalue weighted by Crippen LogP contribution is -2.53. The second kappa shape index (κ2) is 10.1. The minimum absolute atomic E-state index is 0.0127. The quantitative estimate of drug-likeness (QED) is 0.334. The Hall–Kier alpha value is -3.73. The Morgan fingerprint density at radius 3 is 2.80 bits per heavy atom. The fourth-order valence-corrected chi connectivity index (χ4v) is 9.50. The van der Waals surface area contributed by atoms with Crippen LogP contribution >= 0.6 is 11.3 Å². The van der Waals surface area contributed by atoms with Crippen molar-refractivity contribution in [1.82, 2.24) is 29.8 Å². The average Bonchev–Trinajstić information content (AvgIpc) is 3.66. The summed E-state index contributed by atoms with van der Waals surface area (Å²) < 4.78 is 14.6. The molecule has 2 aliphatic heterocycles. The molecule has 1 spiro atoms. The van der Waals surface area contributed by atoms with Crippen molar-refractivity contribution in [3.05, 3.63) is 27.3 Å². The van der Waals surface area contributed by atoms with E-state index >= 15 is 0 Å². The minimum atomic E-state index is -0.856. The Morgan fingerprint density at radius 1 is 1.22 bits per heavy atom. The van der Waals surface area contributed by atoms with Gasteiger partial charge in [-0.1, -0.05) is 5.16 Å². The number of thiophene rings is 1. The molecule has 2 aliphatic carbocycles.